The molecule has 0 saturated carbocycles. The molecule has 0 heterocycles. The van der Waals surface area contributed by atoms with Gasteiger partial charge in [-0.3, -0.25) is 0 Å². The summed E-state index contributed by atoms with van der Waals surface area (Å²) in [5, 5.41) is 2.97. The summed E-state index contributed by atoms with van der Waals surface area (Å²) in [6.45, 7) is 0. The van der Waals surface area contributed by atoms with Crippen LogP contribution in [0.2, 0.25) is 0 Å². The zero-order chi connectivity index (χ0) is 13.2. The van der Waals surface area contributed by atoms with Gasteiger partial charge in [0.1, 0.15) is 5.82 Å². The topological polar surface area (TPSA) is 12.0 Å². The van der Waals surface area contributed by atoms with Crippen molar-refractivity contribution in [3.8, 4) is 0 Å². The van der Waals surface area contributed by atoms with E-state index in [1.165, 1.54) is 6.07 Å². The molecule has 1 aliphatic carbocycles. The molecule has 0 aliphatic heterocycles. The first-order valence-electron chi connectivity index (χ1n) is 5.77. The van der Waals surface area contributed by atoms with Crippen molar-refractivity contribution in [1.82, 2.24) is 0 Å². The van der Waals surface area contributed by atoms with Gasteiger partial charge in [0, 0.05) is 11.7 Å². The Hall–Kier alpha value is -1.52. The lowest BCUT2D eigenvalue weighted by Gasteiger charge is -2.20. The summed E-state index contributed by atoms with van der Waals surface area (Å²) < 4.78 is 50.7. The SMILES string of the molecule is Fc1ccc(NC2C=CCCC2)cc1C(F)(F)F. The fourth-order valence-corrected chi connectivity index (χ4v) is 1.98. The second kappa shape index (κ2) is 5.00. The second-order valence-corrected chi connectivity index (χ2v) is 4.30. The minimum atomic E-state index is -4.66. The molecule has 1 aromatic carbocycles. The van der Waals surface area contributed by atoms with Crippen molar-refractivity contribution >= 4 is 5.69 Å². The van der Waals surface area contributed by atoms with Gasteiger partial charge in [-0.2, -0.15) is 13.2 Å². The molecular formula is C13H13F4N. The van der Waals surface area contributed by atoms with Crippen molar-refractivity contribution in [3.63, 3.8) is 0 Å². The van der Waals surface area contributed by atoms with Crippen molar-refractivity contribution in [2.24, 2.45) is 0 Å². The maximum absolute atomic E-state index is 13.1. The highest BCUT2D eigenvalue weighted by Gasteiger charge is 2.34. The number of anilines is 1. The van der Waals surface area contributed by atoms with Gasteiger partial charge < -0.3 is 5.32 Å². The van der Waals surface area contributed by atoms with E-state index in [4.69, 9.17) is 0 Å². The Bertz CT molecular complexity index is 451. The van der Waals surface area contributed by atoms with Crippen LogP contribution in [-0.4, -0.2) is 6.04 Å². The monoisotopic (exact) mass is 259 g/mol. The highest BCUT2D eigenvalue weighted by molar-refractivity contribution is 5.48. The number of allylic oxidation sites excluding steroid dienone is 1. The third-order valence-corrected chi connectivity index (χ3v) is 2.88. The molecule has 98 valence electrons. The summed E-state index contributed by atoms with van der Waals surface area (Å²) in [5.41, 5.74) is -0.937. The van der Waals surface area contributed by atoms with Gasteiger partial charge in [0.15, 0.2) is 0 Å². The molecule has 0 saturated heterocycles. The van der Waals surface area contributed by atoms with E-state index in [1.54, 1.807) is 0 Å². The summed E-state index contributed by atoms with van der Waals surface area (Å²) in [5.74, 6) is -1.24. The summed E-state index contributed by atoms with van der Waals surface area (Å²) in [4.78, 5) is 0. The van der Waals surface area contributed by atoms with Crippen molar-refractivity contribution in [2.45, 2.75) is 31.5 Å². The highest BCUT2D eigenvalue weighted by Crippen LogP contribution is 2.33. The smallest absolute Gasteiger partial charge is 0.379 e. The number of hydrogen-bond acceptors (Lipinski definition) is 1. The molecule has 2 rings (SSSR count). The van der Waals surface area contributed by atoms with Gasteiger partial charge in [-0.25, -0.2) is 4.39 Å². The van der Waals surface area contributed by atoms with Gasteiger partial charge in [-0.15, -0.1) is 0 Å². The first-order chi connectivity index (χ1) is 8.47. The quantitative estimate of drug-likeness (QED) is 0.614. The predicted octanol–water partition coefficient (Wildman–Crippen LogP) is 4.37. The predicted molar refractivity (Wildman–Crippen MR) is 61.8 cm³/mol. The average Bonchev–Trinajstić information content (AvgIpc) is 2.31. The molecule has 1 nitrogen and oxygen atoms in total. The lowest BCUT2D eigenvalue weighted by molar-refractivity contribution is -0.139. The molecule has 0 amide bonds. The number of nitrogens with one attached hydrogen (secondary N) is 1. The summed E-state index contributed by atoms with van der Waals surface area (Å²) in [6.07, 6.45) is 2.13. The van der Waals surface area contributed by atoms with E-state index < -0.39 is 17.6 Å². The first-order valence-corrected chi connectivity index (χ1v) is 5.77. The molecule has 1 N–H and O–H groups in total. The third-order valence-electron chi connectivity index (χ3n) is 2.88. The van der Waals surface area contributed by atoms with Gasteiger partial charge in [-0.1, -0.05) is 12.2 Å². The van der Waals surface area contributed by atoms with Gasteiger partial charge in [0.25, 0.3) is 0 Å². The van der Waals surface area contributed by atoms with Gasteiger partial charge in [-0.05, 0) is 37.5 Å². The number of alkyl halides is 3. The highest BCUT2D eigenvalue weighted by atomic mass is 19.4. The summed E-state index contributed by atoms with van der Waals surface area (Å²) >= 11 is 0. The van der Waals surface area contributed by atoms with Gasteiger partial charge >= 0.3 is 6.18 Å². The van der Waals surface area contributed by atoms with Gasteiger partial charge in [0.2, 0.25) is 0 Å². The molecule has 0 bridgehead atoms. The van der Waals surface area contributed by atoms with E-state index in [9.17, 15) is 17.6 Å². The van der Waals surface area contributed by atoms with Crippen LogP contribution in [0.4, 0.5) is 23.2 Å². The van der Waals surface area contributed by atoms with Crippen LogP contribution in [0.25, 0.3) is 0 Å². The van der Waals surface area contributed by atoms with Crippen LogP contribution in [0, 0.1) is 5.82 Å². The first kappa shape index (κ1) is 12.9. The Morgan fingerprint density at radius 1 is 1.22 bits per heavy atom. The molecule has 0 spiro atoms. The van der Waals surface area contributed by atoms with E-state index in [1.807, 2.05) is 12.2 Å². The Balaban J connectivity index is 2.19. The molecular weight excluding hydrogens is 246 g/mol. The van der Waals surface area contributed by atoms with E-state index in [0.717, 1.165) is 31.4 Å². The van der Waals surface area contributed by atoms with E-state index >= 15 is 0 Å². The molecule has 0 aromatic heterocycles. The van der Waals surface area contributed by atoms with Crippen molar-refractivity contribution in [1.29, 1.82) is 0 Å². The largest absolute Gasteiger partial charge is 0.419 e. The molecule has 1 unspecified atom stereocenters. The molecule has 18 heavy (non-hydrogen) atoms. The van der Waals surface area contributed by atoms with E-state index in [0.29, 0.717) is 5.69 Å². The Labute approximate surface area is 103 Å². The van der Waals surface area contributed by atoms with Crippen LogP contribution >= 0.6 is 0 Å². The number of rotatable bonds is 2. The zero-order valence-corrected chi connectivity index (χ0v) is 9.60. The lowest BCUT2D eigenvalue weighted by atomic mass is 10.0. The van der Waals surface area contributed by atoms with Crippen molar-refractivity contribution < 1.29 is 17.6 Å². The standard InChI is InChI=1S/C13H13F4N/c14-12-7-6-10(8-11(12)13(15,16)17)18-9-4-2-1-3-5-9/h2,4,6-9,18H,1,3,5H2. The molecule has 0 radical (unpaired) electrons. The summed E-state index contributed by atoms with van der Waals surface area (Å²) in [7, 11) is 0. The van der Waals surface area contributed by atoms with Crippen LogP contribution in [-0.2, 0) is 6.18 Å². The van der Waals surface area contributed by atoms with Gasteiger partial charge in [0.05, 0.1) is 5.56 Å². The fraction of sp³-hybridized carbons (Fsp3) is 0.385. The number of hydrogen-bond donors (Lipinski definition) is 1. The molecule has 1 atom stereocenters. The number of benzene rings is 1. The van der Waals surface area contributed by atoms with Crippen molar-refractivity contribution in [3.05, 3.63) is 41.7 Å². The normalized spacial score (nSPS) is 19.9. The van der Waals surface area contributed by atoms with E-state index in [-0.39, 0.29) is 6.04 Å². The molecule has 0 fully saturated rings. The minimum Gasteiger partial charge on any atom is -0.379 e. The number of halogens is 4. The van der Waals surface area contributed by atoms with Crippen LogP contribution < -0.4 is 5.32 Å². The maximum atomic E-state index is 13.1. The second-order valence-electron chi connectivity index (χ2n) is 4.30. The zero-order valence-electron chi connectivity index (χ0n) is 9.60. The Kier molecular flexibility index (Phi) is 3.59. The Morgan fingerprint density at radius 3 is 2.61 bits per heavy atom. The van der Waals surface area contributed by atoms with Crippen LogP contribution in [0.1, 0.15) is 24.8 Å². The molecule has 5 heteroatoms. The van der Waals surface area contributed by atoms with E-state index in [2.05, 4.69) is 5.32 Å². The minimum absolute atomic E-state index is 0.0188. The maximum Gasteiger partial charge on any atom is 0.419 e. The average molecular weight is 259 g/mol. The van der Waals surface area contributed by atoms with Crippen molar-refractivity contribution in [2.75, 3.05) is 5.32 Å². The van der Waals surface area contributed by atoms with Crippen LogP contribution in [0.3, 0.4) is 0 Å². The lowest BCUT2D eigenvalue weighted by Crippen LogP contribution is -2.19. The summed E-state index contributed by atoms with van der Waals surface area (Å²) in [6, 6.07) is 3.01. The van der Waals surface area contributed by atoms with Crippen LogP contribution in [0.5, 0.6) is 0 Å². The fourth-order valence-electron chi connectivity index (χ4n) is 1.98. The molecule has 1 aliphatic rings. The Morgan fingerprint density at radius 2 is 2.00 bits per heavy atom. The third kappa shape index (κ3) is 3.03. The van der Waals surface area contributed by atoms with Crippen LogP contribution in [0.15, 0.2) is 30.4 Å². The molecule has 1 aromatic rings.